The van der Waals surface area contributed by atoms with Crippen LogP contribution in [0.25, 0.3) is 0 Å². The lowest BCUT2D eigenvalue weighted by Crippen LogP contribution is -2.60. The van der Waals surface area contributed by atoms with Crippen LogP contribution in [0.2, 0.25) is 0 Å². The van der Waals surface area contributed by atoms with Crippen molar-refractivity contribution in [1.82, 2.24) is 9.80 Å². The summed E-state index contributed by atoms with van der Waals surface area (Å²) in [6.45, 7) is 2.06. The molecule has 2 aliphatic heterocycles. The van der Waals surface area contributed by atoms with Gasteiger partial charge in [-0.25, -0.2) is 0 Å². The number of hydrogen-bond donors (Lipinski definition) is 1. The molecule has 35 heavy (non-hydrogen) atoms. The number of carbonyl (C=O) groups excluding carboxylic acids is 4. The van der Waals surface area contributed by atoms with Crippen molar-refractivity contribution in [2.75, 3.05) is 19.1 Å². The molecular weight excluding hydrogens is 563 g/mol. The second-order valence-electron chi connectivity index (χ2n) is 9.35. The largest absolute Gasteiger partial charge is 0.504 e. The highest BCUT2D eigenvalue weighted by Crippen LogP contribution is 2.66. The molecule has 11 heteroatoms. The Hall–Kier alpha value is -2.10. The summed E-state index contributed by atoms with van der Waals surface area (Å²) >= 11 is 17.4. The molecule has 2 saturated heterocycles. The highest BCUT2D eigenvalue weighted by Gasteiger charge is 2.76. The van der Waals surface area contributed by atoms with Crippen molar-refractivity contribution in [2.24, 2.45) is 17.8 Å². The van der Waals surface area contributed by atoms with E-state index in [0.717, 1.165) is 9.80 Å². The van der Waals surface area contributed by atoms with Crippen molar-refractivity contribution < 1.29 is 29.0 Å². The smallest absolute Gasteiger partial charge is 0.254 e. The van der Waals surface area contributed by atoms with Gasteiger partial charge in [0, 0.05) is 18.5 Å². The number of phenolic OH excluding ortho intramolecular Hbond substituents is 1. The topological polar surface area (TPSA) is 104 Å². The minimum Gasteiger partial charge on any atom is -0.504 e. The van der Waals surface area contributed by atoms with Crippen LogP contribution in [0.4, 0.5) is 0 Å². The molecule has 1 aromatic rings. The van der Waals surface area contributed by atoms with Gasteiger partial charge in [0.25, 0.3) is 11.8 Å². The monoisotopic (exact) mass is 584 g/mol. The maximum Gasteiger partial charge on any atom is 0.254 e. The molecule has 0 unspecified atom stereocenters. The lowest BCUT2D eigenvalue weighted by molar-refractivity contribution is -0.140. The summed E-state index contributed by atoms with van der Waals surface area (Å²) in [5.74, 6) is -4.97. The van der Waals surface area contributed by atoms with Gasteiger partial charge in [0.2, 0.25) is 11.8 Å². The Morgan fingerprint density at radius 3 is 2.51 bits per heavy atom. The van der Waals surface area contributed by atoms with Crippen LogP contribution >= 0.6 is 39.1 Å². The number of amides is 4. The Labute approximate surface area is 220 Å². The number of imide groups is 2. The first-order valence-corrected chi connectivity index (χ1v) is 13.2. The number of alkyl halides is 3. The quantitative estimate of drug-likeness (QED) is 0.252. The fraction of sp³-hybridized carbons (Fsp3) is 0.500. The van der Waals surface area contributed by atoms with Gasteiger partial charge in [-0.2, -0.15) is 0 Å². The van der Waals surface area contributed by atoms with Gasteiger partial charge in [0.1, 0.15) is 0 Å². The molecule has 0 radical (unpaired) electrons. The average molecular weight is 586 g/mol. The molecule has 4 amide bonds. The number of halogens is 3. The predicted octanol–water partition coefficient (Wildman–Crippen LogP) is 3.13. The number of para-hydroxylation sites is 1. The van der Waals surface area contributed by atoms with E-state index in [4.69, 9.17) is 27.9 Å². The first-order valence-electron chi connectivity index (χ1n) is 11.3. The molecule has 5 rings (SSSR count). The van der Waals surface area contributed by atoms with Crippen molar-refractivity contribution in [3.8, 4) is 11.5 Å². The SMILES string of the molecule is CCOc1cccc([C@H]2C3=CC[C@@H]4C(=O)N(C)C(=O)[C@@H]4[C@@H]3C[C@@]3(Cl)C(=O)N(CBr)C(=O)[C@@]23Cl)c1O. The molecule has 2 heterocycles. The summed E-state index contributed by atoms with van der Waals surface area (Å²) in [5.41, 5.74) is 0.782. The van der Waals surface area contributed by atoms with Gasteiger partial charge in [-0.3, -0.25) is 29.0 Å². The van der Waals surface area contributed by atoms with E-state index in [1.807, 2.05) is 6.08 Å². The number of rotatable bonds is 4. The maximum absolute atomic E-state index is 13.7. The number of nitrogens with zero attached hydrogens (tertiary/aromatic N) is 2. The number of benzene rings is 1. The van der Waals surface area contributed by atoms with Crippen molar-refractivity contribution >= 4 is 62.8 Å². The zero-order valence-corrected chi connectivity index (χ0v) is 22.1. The minimum atomic E-state index is -1.96. The van der Waals surface area contributed by atoms with E-state index in [2.05, 4.69) is 15.9 Å². The van der Waals surface area contributed by atoms with Crippen LogP contribution < -0.4 is 4.74 Å². The van der Waals surface area contributed by atoms with E-state index >= 15 is 0 Å². The highest BCUT2D eigenvalue weighted by atomic mass is 79.9. The van der Waals surface area contributed by atoms with Gasteiger partial charge < -0.3 is 9.84 Å². The van der Waals surface area contributed by atoms with Crippen molar-refractivity contribution in [2.45, 2.75) is 35.4 Å². The Kier molecular flexibility index (Phi) is 5.77. The van der Waals surface area contributed by atoms with Crippen molar-refractivity contribution in [1.29, 1.82) is 0 Å². The highest BCUT2D eigenvalue weighted by molar-refractivity contribution is 9.09. The molecule has 1 aromatic carbocycles. The van der Waals surface area contributed by atoms with Crippen LogP contribution in [0, 0.1) is 17.8 Å². The molecule has 186 valence electrons. The molecular formula is C24H23BrCl2N2O6. The number of carbonyl (C=O) groups is 4. The second-order valence-corrected chi connectivity index (χ2v) is 11.1. The number of likely N-dealkylation sites (tertiary alicyclic amines) is 2. The van der Waals surface area contributed by atoms with Crippen LogP contribution in [0.5, 0.6) is 11.5 Å². The minimum absolute atomic E-state index is 0.0889. The fourth-order valence-electron chi connectivity index (χ4n) is 6.30. The Morgan fingerprint density at radius 1 is 1.14 bits per heavy atom. The molecule has 6 atom stereocenters. The van der Waals surface area contributed by atoms with Crippen molar-refractivity contribution in [3.63, 3.8) is 0 Å². The first kappa shape index (κ1) is 24.6. The standard InChI is InChI=1S/C24H23BrCl2N2O6/c1-3-35-15-6-4-5-13(18(15)30)17-11-7-8-12-16(20(32)28(2)19(12)31)14(11)9-23(26)21(33)29(10-25)22(34)24(17,23)27/h4-7,12,14,16-17,30H,3,8-10H2,1-2H3/t12-,14+,16-,17+,23+,24-/m0/s1. The van der Waals surface area contributed by atoms with Gasteiger partial charge in [-0.1, -0.05) is 39.7 Å². The van der Waals surface area contributed by atoms with Crippen molar-refractivity contribution in [3.05, 3.63) is 35.4 Å². The van der Waals surface area contributed by atoms with E-state index in [0.29, 0.717) is 12.2 Å². The molecule has 4 aliphatic rings. The van der Waals surface area contributed by atoms with E-state index < -0.39 is 45.2 Å². The predicted molar refractivity (Wildman–Crippen MR) is 130 cm³/mol. The summed E-state index contributed by atoms with van der Waals surface area (Å²) in [4.78, 5) is 51.3. The Balaban J connectivity index is 1.77. The molecule has 8 nitrogen and oxygen atoms in total. The van der Waals surface area contributed by atoms with E-state index in [9.17, 15) is 24.3 Å². The number of ether oxygens (including phenoxy) is 1. The molecule has 0 aromatic heterocycles. The van der Waals surface area contributed by atoms with Gasteiger partial charge in [-0.15, -0.1) is 23.2 Å². The Morgan fingerprint density at radius 2 is 1.86 bits per heavy atom. The molecule has 0 spiro atoms. The zero-order valence-electron chi connectivity index (χ0n) is 19.0. The van der Waals surface area contributed by atoms with Crippen LogP contribution in [0.3, 0.4) is 0 Å². The third kappa shape index (κ3) is 2.98. The normalized spacial score (nSPS) is 36.2. The lowest BCUT2D eigenvalue weighted by Gasteiger charge is -2.50. The fourth-order valence-corrected chi connectivity index (χ4v) is 7.72. The second kappa shape index (κ2) is 8.21. The molecule has 0 bridgehead atoms. The first-order chi connectivity index (χ1) is 16.5. The number of aromatic hydroxyl groups is 1. The van der Waals surface area contributed by atoms with E-state index in [1.165, 1.54) is 7.05 Å². The molecule has 1 N–H and O–H groups in total. The summed E-state index contributed by atoms with van der Waals surface area (Å²) in [6, 6.07) is 4.86. The summed E-state index contributed by atoms with van der Waals surface area (Å²) in [7, 11) is 1.44. The Bertz CT molecular complexity index is 1210. The van der Waals surface area contributed by atoms with Gasteiger partial charge >= 0.3 is 0 Å². The molecule has 1 saturated carbocycles. The number of allylic oxidation sites excluding steroid dienone is 2. The average Bonchev–Trinajstić information content (AvgIpc) is 3.14. The van der Waals surface area contributed by atoms with Crippen LogP contribution in [0.1, 0.15) is 31.2 Å². The van der Waals surface area contributed by atoms with Gasteiger partial charge in [0.05, 0.1) is 23.9 Å². The zero-order chi connectivity index (χ0) is 25.4. The lowest BCUT2D eigenvalue weighted by atomic mass is 9.56. The summed E-state index contributed by atoms with van der Waals surface area (Å²) in [5, 5.41) is 11.2. The molecule has 3 fully saturated rings. The van der Waals surface area contributed by atoms with Gasteiger partial charge in [-0.05, 0) is 31.7 Å². The van der Waals surface area contributed by atoms with E-state index in [1.54, 1.807) is 25.1 Å². The van der Waals surface area contributed by atoms with E-state index in [-0.39, 0.29) is 47.2 Å². The number of fused-ring (bicyclic) bond motifs is 4. The third-order valence-electron chi connectivity index (χ3n) is 7.88. The van der Waals surface area contributed by atoms with Crippen LogP contribution in [-0.4, -0.2) is 67.4 Å². The van der Waals surface area contributed by atoms with Crippen LogP contribution in [0.15, 0.2) is 29.8 Å². The maximum atomic E-state index is 13.7. The molecule has 2 aliphatic carbocycles. The van der Waals surface area contributed by atoms with Gasteiger partial charge in [0.15, 0.2) is 21.2 Å². The summed E-state index contributed by atoms with van der Waals surface area (Å²) < 4.78 is 5.56. The number of hydrogen-bond acceptors (Lipinski definition) is 6. The number of phenols is 1. The summed E-state index contributed by atoms with van der Waals surface area (Å²) in [6.07, 6.45) is 2.01. The third-order valence-corrected chi connectivity index (χ3v) is 9.79. The van der Waals surface area contributed by atoms with Crippen LogP contribution in [-0.2, 0) is 19.2 Å².